The quantitative estimate of drug-likeness (QED) is 0.542. The summed E-state index contributed by atoms with van der Waals surface area (Å²) in [7, 11) is 0. The highest BCUT2D eigenvalue weighted by molar-refractivity contribution is 6.10. The molecule has 0 amide bonds. The Morgan fingerprint density at radius 2 is 2.21 bits per heavy atom. The van der Waals surface area contributed by atoms with Gasteiger partial charge in [-0.05, 0) is 31.9 Å². The summed E-state index contributed by atoms with van der Waals surface area (Å²) >= 11 is 0. The third kappa shape index (κ3) is 1.62. The smallest absolute Gasteiger partial charge is 0.208 e. The van der Waals surface area contributed by atoms with Crippen molar-refractivity contribution in [2.75, 3.05) is 0 Å². The molecule has 0 aliphatic heterocycles. The van der Waals surface area contributed by atoms with Gasteiger partial charge in [-0.3, -0.25) is 9.59 Å². The number of furan rings is 1. The lowest BCUT2D eigenvalue weighted by molar-refractivity contribution is -0.122. The van der Waals surface area contributed by atoms with Crippen LogP contribution in [-0.2, 0) is 4.79 Å². The predicted molar refractivity (Wildman–Crippen MR) is 49.9 cm³/mol. The molecule has 0 saturated heterocycles. The van der Waals surface area contributed by atoms with Gasteiger partial charge in [0.15, 0.2) is 5.76 Å². The first-order valence-corrected chi connectivity index (χ1v) is 4.81. The number of rotatable bonds is 4. The van der Waals surface area contributed by atoms with Crippen molar-refractivity contribution in [3.8, 4) is 0 Å². The minimum atomic E-state index is -0.548. The van der Waals surface area contributed by atoms with Crippen LogP contribution in [0.5, 0.6) is 0 Å². The summed E-state index contributed by atoms with van der Waals surface area (Å²) in [5.41, 5.74) is 0. The lowest BCUT2D eigenvalue weighted by Gasteiger charge is -2.05. The molecule has 1 unspecified atom stereocenters. The molecule has 1 aromatic rings. The van der Waals surface area contributed by atoms with E-state index in [4.69, 9.17) is 4.42 Å². The molecule has 3 heteroatoms. The van der Waals surface area contributed by atoms with Gasteiger partial charge in [0.2, 0.25) is 5.78 Å². The third-order valence-corrected chi connectivity index (χ3v) is 2.56. The van der Waals surface area contributed by atoms with E-state index >= 15 is 0 Å². The molecule has 0 N–H and O–H groups in total. The van der Waals surface area contributed by atoms with E-state index in [0.29, 0.717) is 0 Å². The molecule has 1 heterocycles. The highest BCUT2D eigenvalue weighted by atomic mass is 16.3. The van der Waals surface area contributed by atoms with E-state index in [-0.39, 0.29) is 23.2 Å². The Morgan fingerprint density at radius 1 is 1.50 bits per heavy atom. The summed E-state index contributed by atoms with van der Waals surface area (Å²) in [5, 5.41) is 0. The Bertz CT molecular complexity index is 347. The Labute approximate surface area is 82.1 Å². The topological polar surface area (TPSA) is 47.3 Å². The molecule has 0 radical (unpaired) electrons. The number of ketones is 2. The summed E-state index contributed by atoms with van der Waals surface area (Å²) in [6, 6.07) is 3.25. The van der Waals surface area contributed by atoms with E-state index in [1.807, 2.05) is 0 Å². The van der Waals surface area contributed by atoms with Crippen LogP contribution in [-0.4, -0.2) is 11.6 Å². The zero-order valence-corrected chi connectivity index (χ0v) is 8.03. The van der Waals surface area contributed by atoms with E-state index in [1.165, 1.54) is 6.26 Å². The minimum Gasteiger partial charge on any atom is -0.461 e. The van der Waals surface area contributed by atoms with E-state index < -0.39 is 5.92 Å². The SMILES string of the molecule is CC(C(=O)c1ccco1)C(=O)C1CC1. The van der Waals surface area contributed by atoms with Crippen LogP contribution in [0.4, 0.5) is 0 Å². The van der Waals surface area contributed by atoms with Crippen LogP contribution < -0.4 is 0 Å². The van der Waals surface area contributed by atoms with Gasteiger partial charge in [-0.2, -0.15) is 0 Å². The van der Waals surface area contributed by atoms with Crippen LogP contribution in [0.25, 0.3) is 0 Å². The molecule has 2 rings (SSSR count). The maximum Gasteiger partial charge on any atom is 0.208 e. The predicted octanol–water partition coefficient (Wildman–Crippen LogP) is 2.08. The first-order chi connectivity index (χ1) is 6.70. The highest BCUT2D eigenvalue weighted by Crippen LogP contribution is 2.33. The van der Waals surface area contributed by atoms with Crippen LogP contribution >= 0.6 is 0 Å². The van der Waals surface area contributed by atoms with Crippen molar-refractivity contribution in [2.45, 2.75) is 19.8 Å². The zero-order valence-electron chi connectivity index (χ0n) is 8.03. The number of hydrogen-bond donors (Lipinski definition) is 0. The standard InChI is InChI=1S/C11H12O3/c1-7(10(12)8-4-5-8)11(13)9-3-2-6-14-9/h2-3,6-8H,4-5H2,1H3. The lowest BCUT2D eigenvalue weighted by atomic mass is 9.96. The molecule has 1 aliphatic carbocycles. The van der Waals surface area contributed by atoms with Gasteiger partial charge in [0.05, 0.1) is 12.2 Å². The fraction of sp³-hybridized carbons (Fsp3) is 0.455. The van der Waals surface area contributed by atoms with Gasteiger partial charge in [-0.25, -0.2) is 0 Å². The maximum atomic E-state index is 11.7. The summed E-state index contributed by atoms with van der Waals surface area (Å²) in [6.45, 7) is 1.66. The first kappa shape index (κ1) is 9.19. The fourth-order valence-electron chi connectivity index (χ4n) is 1.48. The molecule has 1 atom stereocenters. The van der Waals surface area contributed by atoms with E-state index in [1.54, 1.807) is 19.1 Å². The molecule has 1 aromatic heterocycles. The summed E-state index contributed by atoms with van der Waals surface area (Å²) in [5.74, 6) is -0.276. The van der Waals surface area contributed by atoms with Crippen LogP contribution in [0.15, 0.2) is 22.8 Å². The average Bonchev–Trinajstić information content (AvgIpc) is 2.90. The van der Waals surface area contributed by atoms with Crippen LogP contribution in [0.3, 0.4) is 0 Å². The molecule has 0 spiro atoms. The molecule has 0 bridgehead atoms. The van der Waals surface area contributed by atoms with Gasteiger partial charge in [-0.1, -0.05) is 0 Å². The van der Waals surface area contributed by atoms with Crippen molar-refractivity contribution < 1.29 is 14.0 Å². The van der Waals surface area contributed by atoms with Crippen LogP contribution in [0, 0.1) is 11.8 Å². The Hall–Kier alpha value is -1.38. The Balaban J connectivity index is 2.07. The van der Waals surface area contributed by atoms with Crippen molar-refractivity contribution in [2.24, 2.45) is 11.8 Å². The lowest BCUT2D eigenvalue weighted by Crippen LogP contribution is -2.22. The number of carbonyl (C=O) groups excluding carboxylic acids is 2. The second-order valence-electron chi connectivity index (χ2n) is 3.74. The zero-order chi connectivity index (χ0) is 10.1. The highest BCUT2D eigenvalue weighted by Gasteiger charge is 2.36. The molecule has 1 fully saturated rings. The number of carbonyl (C=O) groups is 2. The van der Waals surface area contributed by atoms with Gasteiger partial charge in [0, 0.05) is 5.92 Å². The molecule has 1 aliphatic rings. The second kappa shape index (κ2) is 3.40. The Kier molecular flexibility index (Phi) is 2.23. The maximum absolute atomic E-state index is 11.7. The monoisotopic (exact) mass is 192 g/mol. The normalized spacial score (nSPS) is 17.8. The van der Waals surface area contributed by atoms with Crippen molar-refractivity contribution in [1.82, 2.24) is 0 Å². The molecule has 1 saturated carbocycles. The molecular weight excluding hydrogens is 180 g/mol. The number of Topliss-reactive ketones (excluding diaryl/α,β-unsaturated/α-hetero) is 2. The van der Waals surface area contributed by atoms with Crippen molar-refractivity contribution in [3.05, 3.63) is 24.2 Å². The van der Waals surface area contributed by atoms with Crippen LogP contribution in [0.1, 0.15) is 30.3 Å². The van der Waals surface area contributed by atoms with E-state index in [9.17, 15) is 9.59 Å². The van der Waals surface area contributed by atoms with Gasteiger partial charge in [-0.15, -0.1) is 0 Å². The summed E-state index contributed by atoms with van der Waals surface area (Å²) < 4.78 is 4.96. The van der Waals surface area contributed by atoms with E-state index in [2.05, 4.69) is 0 Å². The largest absolute Gasteiger partial charge is 0.461 e. The number of hydrogen-bond acceptors (Lipinski definition) is 3. The summed E-state index contributed by atoms with van der Waals surface area (Å²) in [6.07, 6.45) is 3.32. The van der Waals surface area contributed by atoms with Crippen molar-refractivity contribution in [3.63, 3.8) is 0 Å². The summed E-state index contributed by atoms with van der Waals surface area (Å²) in [4.78, 5) is 23.2. The van der Waals surface area contributed by atoms with Gasteiger partial charge < -0.3 is 4.42 Å². The average molecular weight is 192 g/mol. The second-order valence-corrected chi connectivity index (χ2v) is 3.74. The van der Waals surface area contributed by atoms with Gasteiger partial charge >= 0.3 is 0 Å². The third-order valence-electron chi connectivity index (χ3n) is 2.56. The van der Waals surface area contributed by atoms with Gasteiger partial charge in [0.25, 0.3) is 0 Å². The fourth-order valence-corrected chi connectivity index (χ4v) is 1.48. The van der Waals surface area contributed by atoms with Crippen molar-refractivity contribution >= 4 is 11.6 Å². The first-order valence-electron chi connectivity index (χ1n) is 4.81. The molecular formula is C11H12O3. The molecule has 14 heavy (non-hydrogen) atoms. The molecule has 3 nitrogen and oxygen atoms in total. The van der Waals surface area contributed by atoms with E-state index in [0.717, 1.165) is 12.8 Å². The van der Waals surface area contributed by atoms with Gasteiger partial charge in [0.1, 0.15) is 5.78 Å². The van der Waals surface area contributed by atoms with Crippen molar-refractivity contribution in [1.29, 1.82) is 0 Å². The van der Waals surface area contributed by atoms with Crippen LogP contribution in [0.2, 0.25) is 0 Å². The Morgan fingerprint density at radius 3 is 2.71 bits per heavy atom. The minimum absolute atomic E-state index is 0.0615. The molecule has 74 valence electrons. The molecule has 0 aromatic carbocycles.